The predicted octanol–water partition coefficient (Wildman–Crippen LogP) is 4.73. The minimum atomic E-state index is -0.320. The topological polar surface area (TPSA) is 55.8 Å². The molecule has 0 saturated heterocycles. The van der Waals surface area contributed by atoms with Crippen molar-refractivity contribution in [3.05, 3.63) is 52.9 Å². The highest BCUT2D eigenvalue weighted by Crippen LogP contribution is 2.42. The van der Waals surface area contributed by atoms with E-state index in [2.05, 4.69) is 0 Å². The number of carbonyl (C=O) groups excluding carboxylic acids is 1. The highest BCUT2D eigenvalue weighted by Gasteiger charge is 2.21. The maximum absolute atomic E-state index is 12.4. The minimum Gasteiger partial charge on any atom is -0.497 e. The highest BCUT2D eigenvalue weighted by molar-refractivity contribution is 7.99. The molecule has 3 aromatic rings. The molecule has 0 amide bonds. The lowest BCUT2D eigenvalue weighted by atomic mass is 10.2. The molecule has 4 nitrogen and oxygen atoms in total. The van der Waals surface area contributed by atoms with Crippen LogP contribution < -0.4 is 4.74 Å². The van der Waals surface area contributed by atoms with Crippen molar-refractivity contribution in [1.82, 2.24) is 0 Å². The summed E-state index contributed by atoms with van der Waals surface area (Å²) in [6, 6.07) is 13.5. The van der Waals surface area contributed by atoms with Crippen molar-refractivity contribution in [3.8, 4) is 5.75 Å². The van der Waals surface area contributed by atoms with E-state index in [4.69, 9.17) is 9.47 Å². The zero-order valence-corrected chi connectivity index (χ0v) is 15.6. The molecule has 3 rings (SSSR count). The van der Waals surface area contributed by atoms with Crippen LogP contribution >= 0.6 is 23.1 Å². The van der Waals surface area contributed by atoms with Crippen molar-refractivity contribution >= 4 is 39.2 Å². The first-order chi connectivity index (χ1) is 12.2. The van der Waals surface area contributed by atoms with Gasteiger partial charge >= 0.3 is 5.97 Å². The number of thiophene rings is 1. The standard InChI is InChI=1S/C19H18O4S2/c1-3-23-19(21)18-17(24-14-6-4-5-13(10-14)22-2)15-8-7-12(11-20)9-16(15)25-18/h4-10,20H,3,11H2,1-2H3. The second-order valence-corrected chi connectivity index (χ2v) is 7.39. The van der Waals surface area contributed by atoms with Crippen LogP contribution in [-0.4, -0.2) is 24.8 Å². The lowest BCUT2D eigenvalue weighted by Gasteiger charge is -2.06. The van der Waals surface area contributed by atoms with Gasteiger partial charge in [0.1, 0.15) is 10.6 Å². The van der Waals surface area contributed by atoms with Crippen molar-refractivity contribution in [1.29, 1.82) is 0 Å². The second-order valence-electron chi connectivity index (χ2n) is 5.25. The SMILES string of the molecule is CCOC(=O)c1sc2cc(CO)ccc2c1Sc1cccc(OC)c1. The van der Waals surface area contributed by atoms with Gasteiger partial charge in [-0.1, -0.05) is 30.0 Å². The van der Waals surface area contributed by atoms with Gasteiger partial charge < -0.3 is 14.6 Å². The fraction of sp³-hybridized carbons (Fsp3) is 0.211. The number of esters is 1. The monoisotopic (exact) mass is 374 g/mol. The number of hydrogen-bond donors (Lipinski definition) is 1. The Balaban J connectivity index is 2.09. The fourth-order valence-electron chi connectivity index (χ4n) is 2.43. The van der Waals surface area contributed by atoms with E-state index in [1.54, 1.807) is 14.0 Å². The third-order valence-corrected chi connectivity index (χ3v) is 5.99. The molecule has 1 heterocycles. The normalized spacial score (nSPS) is 10.8. The molecule has 0 aliphatic heterocycles. The summed E-state index contributed by atoms with van der Waals surface area (Å²) in [5.74, 6) is 0.449. The smallest absolute Gasteiger partial charge is 0.349 e. The highest BCUT2D eigenvalue weighted by atomic mass is 32.2. The number of carbonyl (C=O) groups is 1. The number of benzene rings is 2. The summed E-state index contributed by atoms with van der Waals surface area (Å²) in [6.07, 6.45) is 0. The Bertz CT molecular complexity index is 902. The average Bonchev–Trinajstić information content (AvgIpc) is 2.99. The predicted molar refractivity (Wildman–Crippen MR) is 101 cm³/mol. The summed E-state index contributed by atoms with van der Waals surface area (Å²) >= 11 is 2.91. The molecule has 0 radical (unpaired) electrons. The van der Waals surface area contributed by atoms with Crippen molar-refractivity contribution in [2.75, 3.05) is 13.7 Å². The summed E-state index contributed by atoms with van der Waals surface area (Å²) in [6.45, 7) is 2.10. The van der Waals surface area contributed by atoms with Gasteiger partial charge in [-0.25, -0.2) is 4.79 Å². The molecule has 6 heteroatoms. The number of hydrogen-bond acceptors (Lipinski definition) is 6. The minimum absolute atomic E-state index is 0.0268. The fourth-order valence-corrected chi connectivity index (χ4v) is 4.82. The van der Waals surface area contributed by atoms with Crippen LogP contribution in [0.5, 0.6) is 5.75 Å². The lowest BCUT2D eigenvalue weighted by Crippen LogP contribution is -2.03. The van der Waals surface area contributed by atoms with Gasteiger partial charge in [0, 0.05) is 19.9 Å². The van der Waals surface area contributed by atoms with E-state index >= 15 is 0 Å². The first kappa shape index (κ1) is 17.8. The maximum atomic E-state index is 12.4. The van der Waals surface area contributed by atoms with Gasteiger partial charge in [-0.05, 0) is 36.8 Å². The van der Waals surface area contributed by atoms with E-state index in [0.29, 0.717) is 11.5 Å². The Morgan fingerprint density at radius 3 is 2.80 bits per heavy atom. The van der Waals surface area contributed by atoms with Gasteiger partial charge in [-0.15, -0.1) is 11.3 Å². The summed E-state index contributed by atoms with van der Waals surface area (Å²) < 4.78 is 11.5. The van der Waals surface area contributed by atoms with E-state index in [1.165, 1.54) is 23.1 Å². The van der Waals surface area contributed by atoms with Gasteiger partial charge in [0.15, 0.2) is 0 Å². The number of fused-ring (bicyclic) bond motifs is 1. The molecule has 0 atom stereocenters. The summed E-state index contributed by atoms with van der Waals surface area (Å²) in [7, 11) is 1.63. The molecule has 0 aliphatic rings. The van der Waals surface area contributed by atoms with Gasteiger partial charge in [-0.2, -0.15) is 0 Å². The van der Waals surface area contributed by atoms with Crippen molar-refractivity contribution < 1.29 is 19.4 Å². The zero-order valence-electron chi connectivity index (χ0n) is 13.9. The molecular formula is C19H18O4S2. The molecular weight excluding hydrogens is 356 g/mol. The van der Waals surface area contributed by atoms with Crippen LogP contribution in [0.3, 0.4) is 0 Å². The van der Waals surface area contributed by atoms with Crippen LogP contribution in [0, 0.1) is 0 Å². The van der Waals surface area contributed by atoms with Crippen LogP contribution in [0.15, 0.2) is 52.3 Å². The molecule has 130 valence electrons. The largest absolute Gasteiger partial charge is 0.497 e. The Morgan fingerprint density at radius 1 is 1.24 bits per heavy atom. The van der Waals surface area contributed by atoms with E-state index in [1.807, 2.05) is 42.5 Å². The van der Waals surface area contributed by atoms with Gasteiger partial charge in [0.2, 0.25) is 0 Å². The molecule has 0 saturated carbocycles. The molecule has 0 spiro atoms. The van der Waals surface area contributed by atoms with E-state index in [-0.39, 0.29) is 12.6 Å². The summed E-state index contributed by atoms with van der Waals surface area (Å²) in [5, 5.41) is 10.3. The van der Waals surface area contributed by atoms with Crippen LogP contribution in [0.4, 0.5) is 0 Å². The third kappa shape index (κ3) is 3.81. The van der Waals surface area contributed by atoms with Crippen LogP contribution in [-0.2, 0) is 11.3 Å². The first-order valence-electron chi connectivity index (χ1n) is 7.81. The third-order valence-electron chi connectivity index (χ3n) is 3.61. The molecule has 0 aliphatic carbocycles. The van der Waals surface area contributed by atoms with E-state index < -0.39 is 0 Å². The number of rotatable bonds is 6. The lowest BCUT2D eigenvalue weighted by molar-refractivity contribution is 0.0528. The van der Waals surface area contributed by atoms with E-state index in [0.717, 1.165) is 31.2 Å². The van der Waals surface area contributed by atoms with Gasteiger partial charge in [0.25, 0.3) is 0 Å². The molecule has 0 unspecified atom stereocenters. The average molecular weight is 374 g/mol. The Hall–Kier alpha value is -2.02. The Morgan fingerprint density at radius 2 is 2.08 bits per heavy atom. The maximum Gasteiger partial charge on any atom is 0.349 e. The van der Waals surface area contributed by atoms with Crippen molar-refractivity contribution in [2.24, 2.45) is 0 Å². The molecule has 1 N–H and O–H groups in total. The van der Waals surface area contributed by atoms with Gasteiger partial charge in [-0.3, -0.25) is 0 Å². The number of aliphatic hydroxyl groups excluding tert-OH is 1. The molecule has 0 bridgehead atoms. The molecule has 1 aromatic heterocycles. The zero-order chi connectivity index (χ0) is 17.8. The number of aliphatic hydroxyl groups is 1. The summed E-state index contributed by atoms with van der Waals surface area (Å²) in [4.78, 5) is 14.8. The van der Waals surface area contributed by atoms with Crippen molar-refractivity contribution in [3.63, 3.8) is 0 Å². The van der Waals surface area contributed by atoms with Crippen LogP contribution in [0.1, 0.15) is 22.2 Å². The molecule has 2 aromatic carbocycles. The molecule has 0 fully saturated rings. The Labute approximate surface area is 154 Å². The quantitative estimate of drug-likeness (QED) is 0.632. The van der Waals surface area contributed by atoms with Crippen LogP contribution in [0.25, 0.3) is 10.1 Å². The molecule has 25 heavy (non-hydrogen) atoms. The number of ether oxygens (including phenoxy) is 2. The first-order valence-corrected chi connectivity index (χ1v) is 9.45. The van der Waals surface area contributed by atoms with Gasteiger partial charge in [0.05, 0.1) is 20.3 Å². The summed E-state index contributed by atoms with van der Waals surface area (Å²) in [5.41, 5.74) is 0.821. The second kappa shape index (κ2) is 7.91. The van der Waals surface area contributed by atoms with Crippen LogP contribution in [0.2, 0.25) is 0 Å². The van der Waals surface area contributed by atoms with E-state index in [9.17, 15) is 9.90 Å². The Kier molecular flexibility index (Phi) is 5.63. The number of methoxy groups -OCH3 is 1. The van der Waals surface area contributed by atoms with Crippen molar-refractivity contribution in [2.45, 2.75) is 23.3 Å².